The van der Waals surface area contributed by atoms with Gasteiger partial charge in [-0.15, -0.1) is 0 Å². The van der Waals surface area contributed by atoms with E-state index in [9.17, 15) is 4.79 Å². The average Bonchev–Trinajstić information content (AvgIpc) is 3.45. The molecule has 1 amide bonds. The molecule has 0 saturated heterocycles. The summed E-state index contributed by atoms with van der Waals surface area (Å²) in [5, 5.41) is 12.0. The molecule has 6 rings (SSSR count). The van der Waals surface area contributed by atoms with Gasteiger partial charge in [-0.1, -0.05) is 56.9 Å². The first-order valence-electron chi connectivity index (χ1n) is 15.3. The Hall–Kier alpha value is -3.25. The number of nitrogens with zero attached hydrogens (tertiary/aromatic N) is 2. The van der Waals surface area contributed by atoms with E-state index in [-0.39, 0.29) is 17.4 Å². The molecule has 2 heterocycles. The third-order valence-corrected chi connectivity index (χ3v) is 9.57. The molecule has 2 fully saturated rings. The fraction of sp³-hybridized carbons (Fsp3) is 0.500. The van der Waals surface area contributed by atoms with Crippen molar-refractivity contribution in [3.63, 3.8) is 0 Å². The third kappa shape index (κ3) is 5.78. The lowest BCUT2D eigenvalue weighted by atomic mass is 9.70. The fourth-order valence-electron chi connectivity index (χ4n) is 7.00. The van der Waals surface area contributed by atoms with Gasteiger partial charge in [0.15, 0.2) is 0 Å². The van der Waals surface area contributed by atoms with E-state index in [1.807, 2.05) is 36.7 Å². The molecule has 3 aliphatic carbocycles. The molecule has 1 atom stereocenters. The second-order valence-electron chi connectivity index (χ2n) is 12.1. The first kappa shape index (κ1) is 26.9. The van der Waals surface area contributed by atoms with Gasteiger partial charge in [-0.05, 0) is 86.3 Å². The van der Waals surface area contributed by atoms with Gasteiger partial charge in [-0.3, -0.25) is 14.9 Å². The molecular weight excluding hydrogens is 496 g/mol. The van der Waals surface area contributed by atoms with E-state index in [4.69, 9.17) is 4.74 Å². The van der Waals surface area contributed by atoms with Crippen LogP contribution >= 0.6 is 0 Å². The Morgan fingerprint density at radius 3 is 2.70 bits per heavy atom. The lowest BCUT2D eigenvalue weighted by Crippen LogP contribution is -2.42. The minimum absolute atomic E-state index is 0.0395. The van der Waals surface area contributed by atoms with Crippen molar-refractivity contribution in [3.8, 4) is 0 Å². The van der Waals surface area contributed by atoms with Crippen LogP contribution in [0.25, 0.3) is 16.5 Å². The third-order valence-electron chi connectivity index (χ3n) is 9.57. The summed E-state index contributed by atoms with van der Waals surface area (Å²) in [6.45, 7) is 2.93. The fourth-order valence-corrected chi connectivity index (χ4v) is 7.00. The summed E-state index contributed by atoms with van der Waals surface area (Å²) >= 11 is 0. The SMILES string of the molecule is CCC1CCC(OC2C=CC(c3n[nH]c4ccc(C(=O)NCC5(c6cccnc6)CCCCC5)cc34)=CC2)CC1. The summed E-state index contributed by atoms with van der Waals surface area (Å²) in [4.78, 5) is 17.8. The van der Waals surface area contributed by atoms with Gasteiger partial charge in [0.1, 0.15) is 0 Å². The minimum Gasteiger partial charge on any atom is -0.371 e. The predicted octanol–water partition coefficient (Wildman–Crippen LogP) is 7.29. The first-order valence-corrected chi connectivity index (χ1v) is 15.3. The summed E-state index contributed by atoms with van der Waals surface area (Å²) < 4.78 is 6.43. The van der Waals surface area contributed by atoms with Crippen molar-refractivity contribution < 1.29 is 9.53 Å². The normalized spacial score (nSPS) is 24.5. The number of allylic oxidation sites excluding steroid dienone is 2. The van der Waals surface area contributed by atoms with Crippen LogP contribution in [0, 0.1) is 5.92 Å². The van der Waals surface area contributed by atoms with Crippen molar-refractivity contribution in [2.45, 2.75) is 95.2 Å². The van der Waals surface area contributed by atoms with E-state index in [0.717, 1.165) is 47.4 Å². The predicted molar refractivity (Wildman–Crippen MR) is 160 cm³/mol. The van der Waals surface area contributed by atoms with Crippen LogP contribution in [0.15, 0.2) is 61.0 Å². The van der Waals surface area contributed by atoms with Gasteiger partial charge in [0.25, 0.3) is 5.91 Å². The Morgan fingerprint density at radius 1 is 1.12 bits per heavy atom. The molecule has 2 aromatic heterocycles. The van der Waals surface area contributed by atoms with Gasteiger partial charge in [-0.2, -0.15) is 5.10 Å². The molecule has 2 N–H and O–H groups in total. The van der Waals surface area contributed by atoms with Crippen LogP contribution in [-0.4, -0.2) is 39.8 Å². The Morgan fingerprint density at radius 2 is 1.98 bits per heavy atom. The number of benzene rings is 1. The van der Waals surface area contributed by atoms with Gasteiger partial charge in [0, 0.05) is 35.3 Å². The maximum Gasteiger partial charge on any atom is 0.251 e. The molecular formula is C34H42N4O2. The highest BCUT2D eigenvalue weighted by atomic mass is 16.5. The number of hydrogen-bond donors (Lipinski definition) is 2. The monoisotopic (exact) mass is 538 g/mol. The second-order valence-corrected chi connectivity index (χ2v) is 12.1. The first-order chi connectivity index (χ1) is 19.6. The highest BCUT2D eigenvalue weighted by Gasteiger charge is 2.34. The number of ether oxygens (including phenoxy) is 1. The maximum absolute atomic E-state index is 13.4. The number of H-pyrrole nitrogens is 1. The largest absolute Gasteiger partial charge is 0.371 e. The quantitative estimate of drug-likeness (QED) is 0.316. The topological polar surface area (TPSA) is 79.9 Å². The molecule has 0 spiro atoms. The molecule has 1 unspecified atom stereocenters. The van der Waals surface area contributed by atoms with E-state index in [0.29, 0.717) is 18.2 Å². The standard InChI is InChI=1S/C34H42N4O2/c1-2-24-8-13-28(14-9-24)40-29-15-10-25(11-16-29)32-30-21-26(12-17-31(30)37-38-32)33(39)36-23-34(18-4-3-5-19-34)27-7-6-20-35-22-27/h6-7,10-12,15,17,20-22,24,28-29H,2-5,8-9,13-14,16,18-19,23H2,1H3,(H,36,39)(H,37,38). The van der Waals surface area contributed by atoms with Crippen molar-refractivity contribution >= 4 is 22.4 Å². The van der Waals surface area contributed by atoms with E-state index in [2.05, 4.69) is 51.7 Å². The number of aromatic nitrogens is 3. The number of rotatable bonds is 8. The lowest BCUT2D eigenvalue weighted by molar-refractivity contribution is -0.0142. The van der Waals surface area contributed by atoms with Crippen LogP contribution < -0.4 is 5.32 Å². The minimum atomic E-state index is -0.0429. The summed E-state index contributed by atoms with van der Waals surface area (Å²) in [7, 11) is 0. The van der Waals surface area contributed by atoms with Gasteiger partial charge in [0.2, 0.25) is 0 Å². The van der Waals surface area contributed by atoms with Crippen LogP contribution in [0.3, 0.4) is 0 Å². The van der Waals surface area contributed by atoms with Crippen LogP contribution in [0.2, 0.25) is 0 Å². The molecule has 6 nitrogen and oxygen atoms in total. The molecule has 0 bridgehead atoms. The molecule has 2 saturated carbocycles. The van der Waals surface area contributed by atoms with E-state index in [1.165, 1.54) is 56.9 Å². The molecule has 210 valence electrons. The zero-order valence-corrected chi connectivity index (χ0v) is 23.7. The second kappa shape index (κ2) is 12.1. The Kier molecular flexibility index (Phi) is 8.15. The number of amides is 1. The lowest BCUT2D eigenvalue weighted by Gasteiger charge is -2.37. The van der Waals surface area contributed by atoms with Gasteiger partial charge in [-0.25, -0.2) is 0 Å². The van der Waals surface area contributed by atoms with Crippen LogP contribution in [0.4, 0.5) is 0 Å². The molecule has 0 aliphatic heterocycles. The summed E-state index contributed by atoms with van der Waals surface area (Å²) in [6, 6.07) is 9.99. The van der Waals surface area contributed by atoms with Gasteiger partial charge >= 0.3 is 0 Å². The summed E-state index contributed by atoms with van der Waals surface area (Å²) in [6.07, 6.45) is 23.7. The van der Waals surface area contributed by atoms with Crippen LogP contribution in [-0.2, 0) is 10.2 Å². The average molecular weight is 539 g/mol. The highest BCUT2D eigenvalue weighted by Crippen LogP contribution is 2.39. The molecule has 1 aromatic carbocycles. The number of hydrogen-bond acceptors (Lipinski definition) is 4. The van der Waals surface area contributed by atoms with E-state index in [1.54, 1.807) is 0 Å². The van der Waals surface area contributed by atoms with Crippen molar-refractivity contribution in [1.29, 1.82) is 0 Å². The van der Waals surface area contributed by atoms with Crippen LogP contribution in [0.5, 0.6) is 0 Å². The molecule has 40 heavy (non-hydrogen) atoms. The zero-order chi connectivity index (χ0) is 27.4. The summed E-state index contributed by atoms with van der Waals surface area (Å²) in [5.41, 5.74) is 4.76. The zero-order valence-electron chi connectivity index (χ0n) is 23.7. The van der Waals surface area contributed by atoms with Crippen molar-refractivity contribution in [2.24, 2.45) is 5.92 Å². The molecule has 3 aliphatic rings. The number of pyridine rings is 1. The van der Waals surface area contributed by atoms with Crippen molar-refractivity contribution in [1.82, 2.24) is 20.5 Å². The maximum atomic E-state index is 13.4. The molecule has 0 radical (unpaired) electrons. The number of carbonyl (C=O) groups excluding carboxylic acids is 1. The van der Waals surface area contributed by atoms with Gasteiger partial charge in [0.05, 0.1) is 23.4 Å². The Labute approximate surface area is 237 Å². The van der Waals surface area contributed by atoms with E-state index >= 15 is 0 Å². The number of nitrogens with one attached hydrogen (secondary N) is 2. The van der Waals surface area contributed by atoms with Crippen LogP contribution in [0.1, 0.15) is 99.2 Å². The van der Waals surface area contributed by atoms with Gasteiger partial charge < -0.3 is 10.1 Å². The van der Waals surface area contributed by atoms with E-state index < -0.39 is 0 Å². The number of fused-ring (bicyclic) bond motifs is 1. The molecule has 6 heteroatoms. The summed E-state index contributed by atoms with van der Waals surface area (Å²) in [5.74, 6) is 0.838. The number of aromatic amines is 1. The Bertz CT molecular complexity index is 1360. The smallest absolute Gasteiger partial charge is 0.251 e. The van der Waals surface area contributed by atoms with Crippen molar-refractivity contribution in [2.75, 3.05) is 6.54 Å². The number of carbonyl (C=O) groups is 1. The highest BCUT2D eigenvalue weighted by molar-refractivity contribution is 6.01. The Balaban J connectivity index is 1.12. The molecule has 3 aromatic rings. The van der Waals surface area contributed by atoms with Crippen molar-refractivity contribution in [3.05, 3.63) is 77.8 Å².